The second kappa shape index (κ2) is 8.54. The number of nitrogens with zero attached hydrogens (tertiary/aromatic N) is 1. The van der Waals surface area contributed by atoms with Gasteiger partial charge in [0.2, 0.25) is 0 Å². The van der Waals surface area contributed by atoms with Gasteiger partial charge in [0.05, 0.1) is 12.8 Å². The molecule has 0 spiro atoms. The van der Waals surface area contributed by atoms with Crippen LogP contribution < -0.4 is 0 Å². The Hall–Kier alpha value is -2.20. The van der Waals surface area contributed by atoms with E-state index in [0.717, 1.165) is 37.9 Å². The minimum Gasteiger partial charge on any atom is -0.411 e. The molecule has 176 valence electrons. The van der Waals surface area contributed by atoms with Crippen LogP contribution in [-0.4, -0.2) is 30.9 Å². The molecule has 33 heavy (non-hydrogen) atoms. The molecule has 0 bridgehead atoms. The highest BCUT2D eigenvalue weighted by Crippen LogP contribution is 2.67. The van der Waals surface area contributed by atoms with Crippen molar-refractivity contribution < 1.29 is 14.7 Å². The van der Waals surface area contributed by atoms with Gasteiger partial charge in [-0.05, 0) is 89.5 Å². The molecule has 2 saturated carbocycles. The smallest absolute Gasteiger partial charge is 0.156 e. The summed E-state index contributed by atoms with van der Waals surface area (Å²) in [5, 5.41) is 12.1. The fourth-order valence-corrected chi connectivity index (χ4v) is 7.97. The Morgan fingerprint density at radius 1 is 1.15 bits per heavy atom. The van der Waals surface area contributed by atoms with Crippen LogP contribution in [0.25, 0.3) is 0 Å². The Morgan fingerprint density at radius 3 is 2.67 bits per heavy atom. The van der Waals surface area contributed by atoms with Crippen molar-refractivity contribution >= 4 is 12.0 Å². The van der Waals surface area contributed by atoms with Crippen LogP contribution in [0.4, 0.5) is 0 Å². The van der Waals surface area contributed by atoms with Gasteiger partial charge in [-0.25, -0.2) is 0 Å². The van der Waals surface area contributed by atoms with E-state index in [-0.39, 0.29) is 10.8 Å². The predicted molar refractivity (Wildman–Crippen MR) is 131 cm³/mol. The molecule has 5 rings (SSSR count). The van der Waals surface area contributed by atoms with Gasteiger partial charge in [0.1, 0.15) is 0 Å². The minimum atomic E-state index is 0.168. The standard InChI is InChI=1S/C29H37NO3/c1-28(18-33-3)14-4-5-26-24-12-10-21-15-22(31)11-13-23(21)27(24)25(16-29(26,28)2)20-8-6-19(7-9-20)17-30-32/h6-9,15,17,24-26,32H,4-5,10-14,16,18H2,1-3H3/b30-17-/t24-,25+,26-,28-,29-/m0/s1. The summed E-state index contributed by atoms with van der Waals surface area (Å²) >= 11 is 0. The molecule has 0 aromatic heterocycles. The average molecular weight is 448 g/mol. The number of hydrogen-bond donors (Lipinski definition) is 1. The van der Waals surface area contributed by atoms with Gasteiger partial charge >= 0.3 is 0 Å². The second-order valence-electron chi connectivity index (χ2n) is 11.3. The minimum absolute atomic E-state index is 0.168. The van der Waals surface area contributed by atoms with Crippen LogP contribution in [0.2, 0.25) is 0 Å². The van der Waals surface area contributed by atoms with Gasteiger partial charge < -0.3 is 9.94 Å². The highest BCUT2D eigenvalue weighted by molar-refractivity contribution is 5.93. The number of rotatable bonds is 4. The molecular weight excluding hydrogens is 410 g/mol. The maximum Gasteiger partial charge on any atom is 0.156 e. The molecule has 0 radical (unpaired) electrons. The highest BCUT2D eigenvalue weighted by atomic mass is 16.5. The molecule has 2 fully saturated rings. The first-order valence-corrected chi connectivity index (χ1v) is 12.6. The van der Waals surface area contributed by atoms with Crippen molar-refractivity contribution in [2.24, 2.45) is 27.8 Å². The zero-order chi connectivity index (χ0) is 23.2. The zero-order valence-electron chi connectivity index (χ0n) is 20.3. The van der Waals surface area contributed by atoms with Crippen molar-refractivity contribution in [3.8, 4) is 0 Å². The van der Waals surface area contributed by atoms with Crippen LogP contribution in [0.5, 0.6) is 0 Å². The van der Waals surface area contributed by atoms with Crippen molar-refractivity contribution in [1.82, 2.24) is 0 Å². The van der Waals surface area contributed by atoms with Crippen molar-refractivity contribution in [3.05, 3.63) is 58.2 Å². The summed E-state index contributed by atoms with van der Waals surface area (Å²) in [6, 6.07) is 8.56. The van der Waals surface area contributed by atoms with E-state index in [2.05, 4.69) is 43.3 Å². The number of carbonyl (C=O) groups is 1. The molecule has 0 aliphatic heterocycles. The van der Waals surface area contributed by atoms with Crippen molar-refractivity contribution in [2.75, 3.05) is 13.7 Å². The van der Waals surface area contributed by atoms with Crippen LogP contribution in [0.3, 0.4) is 0 Å². The largest absolute Gasteiger partial charge is 0.411 e. The third-order valence-corrected chi connectivity index (χ3v) is 9.76. The lowest BCUT2D eigenvalue weighted by Gasteiger charge is -2.62. The quantitative estimate of drug-likeness (QED) is 0.328. The number of methoxy groups -OCH3 is 1. The number of carbonyl (C=O) groups excluding carboxylic acids is 1. The molecular formula is C29H37NO3. The van der Waals surface area contributed by atoms with E-state index >= 15 is 0 Å². The first-order valence-electron chi connectivity index (χ1n) is 12.6. The summed E-state index contributed by atoms with van der Waals surface area (Å²) in [7, 11) is 1.85. The number of hydrogen-bond acceptors (Lipinski definition) is 4. The van der Waals surface area contributed by atoms with Crippen LogP contribution in [0, 0.1) is 22.7 Å². The van der Waals surface area contributed by atoms with Gasteiger partial charge in [-0.2, -0.15) is 0 Å². The molecule has 4 aliphatic rings. The van der Waals surface area contributed by atoms with E-state index in [1.807, 2.05) is 13.2 Å². The molecule has 1 N–H and O–H groups in total. The predicted octanol–water partition coefficient (Wildman–Crippen LogP) is 6.44. The number of allylic oxidation sites excluding steroid dienone is 4. The van der Waals surface area contributed by atoms with Gasteiger partial charge in [-0.1, -0.05) is 55.3 Å². The SMILES string of the molecule is COC[C@]1(C)CCC[C@H]2[C@@H]3CCC4=CC(=O)CCC4=C3[C@@H](c3ccc(/C=N\O)cc3)C[C@@]21C. The first-order chi connectivity index (χ1) is 15.9. The Bertz CT molecular complexity index is 1020. The van der Waals surface area contributed by atoms with Gasteiger partial charge in [0, 0.05) is 19.4 Å². The molecule has 0 amide bonds. The van der Waals surface area contributed by atoms with Gasteiger partial charge in [0.15, 0.2) is 5.78 Å². The third kappa shape index (κ3) is 3.62. The van der Waals surface area contributed by atoms with Gasteiger partial charge in [0.25, 0.3) is 0 Å². The van der Waals surface area contributed by atoms with E-state index in [4.69, 9.17) is 9.94 Å². The molecule has 1 aromatic carbocycles. The molecule has 5 atom stereocenters. The van der Waals surface area contributed by atoms with E-state index in [9.17, 15) is 4.79 Å². The van der Waals surface area contributed by atoms with Crippen molar-refractivity contribution in [1.29, 1.82) is 0 Å². The summed E-state index contributed by atoms with van der Waals surface area (Å²) in [4.78, 5) is 12.2. The van der Waals surface area contributed by atoms with E-state index in [0.29, 0.717) is 30.0 Å². The molecule has 0 unspecified atom stereocenters. The fourth-order valence-electron chi connectivity index (χ4n) is 7.97. The molecule has 4 nitrogen and oxygen atoms in total. The number of ether oxygens (including phenoxy) is 1. The monoisotopic (exact) mass is 447 g/mol. The molecule has 1 aromatic rings. The molecule has 0 heterocycles. The molecule has 4 heteroatoms. The Balaban J connectivity index is 1.66. The topological polar surface area (TPSA) is 58.9 Å². The van der Waals surface area contributed by atoms with E-state index < -0.39 is 0 Å². The maximum atomic E-state index is 12.2. The van der Waals surface area contributed by atoms with E-state index in [1.54, 1.807) is 5.57 Å². The van der Waals surface area contributed by atoms with Crippen LogP contribution in [0.1, 0.15) is 82.3 Å². The second-order valence-corrected chi connectivity index (χ2v) is 11.3. The Morgan fingerprint density at radius 2 is 1.94 bits per heavy atom. The van der Waals surface area contributed by atoms with Gasteiger partial charge in [-0.15, -0.1) is 0 Å². The number of ketones is 1. The highest BCUT2D eigenvalue weighted by Gasteiger charge is 2.59. The van der Waals surface area contributed by atoms with Crippen molar-refractivity contribution in [2.45, 2.75) is 71.1 Å². The third-order valence-electron chi connectivity index (χ3n) is 9.76. The average Bonchev–Trinajstić information content (AvgIpc) is 2.80. The summed E-state index contributed by atoms with van der Waals surface area (Å²) in [6.07, 6.45) is 12.1. The van der Waals surface area contributed by atoms with Crippen LogP contribution in [0.15, 0.2) is 52.2 Å². The number of benzene rings is 1. The number of oxime groups is 1. The maximum absolute atomic E-state index is 12.2. The van der Waals surface area contributed by atoms with Gasteiger partial charge in [-0.3, -0.25) is 4.79 Å². The first kappa shape index (κ1) is 22.6. The summed E-state index contributed by atoms with van der Waals surface area (Å²) in [6.45, 7) is 5.83. The summed E-state index contributed by atoms with van der Waals surface area (Å²) < 4.78 is 5.82. The Labute approximate surface area is 197 Å². The summed E-state index contributed by atoms with van der Waals surface area (Å²) in [5.74, 6) is 1.91. The normalized spacial score (nSPS) is 36.3. The molecule has 0 saturated heterocycles. The number of fused-ring (bicyclic) bond motifs is 4. The fraction of sp³-hybridized carbons (Fsp3) is 0.586. The lowest BCUT2D eigenvalue weighted by atomic mass is 9.42. The zero-order valence-corrected chi connectivity index (χ0v) is 20.3. The van der Waals surface area contributed by atoms with E-state index in [1.165, 1.54) is 42.2 Å². The van der Waals surface area contributed by atoms with Crippen LogP contribution >= 0.6 is 0 Å². The lowest BCUT2D eigenvalue weighted by Crippen LogP contribution is -2.55. The van der Waals surface area contributed by atoms with Crippen molar-refractivity contribution in [3.63, 3.8) is 0 Å². The Kier molecular flexibility index (Phi) is 5.84. The lowest BCUT2D eigenvalue weighted by molar-refractivity contribution is -0.117. The van der Waals surface area contributed by atoms with Crippen LogP contribution in [-0.2, 0) is 9.53 Å². The molecule has 4 aliphatic carbocycles. The summed E-state index contributed by atoms with van der Waals surface area (Å²) in [5.41, 5.74) is 7.07.